The topological polar surface area (TPSA) is 81.3 Å². The van der Waals surface area contributed by atoms with Crippen LogP contribution in [0.4, 0.5) is 5.69 Å². The zero-order valence-corrected chi connectivity index (χ0v) is 18.7. The largest absolute Gasteiger partial charge is 0.319 e. The number of nitrogens with one attached hydrogen (secondary N) is 1. The number of hydrogen-bond donors (Lipinski definition) is 1. The predicted octanol–water partition coefficient (Wildman–Crippen LogP) is 4.42. The second kappa shape index (κ2) is 8.05. The minimum Gasteiger partial charge on any atom is -0.319 e. The lowest BCUT2D eigenvalue weighted by Crippen LogP contribution is -2.24. The van der Waals surface area contributed by atoms with Crippen LogP contribution >= 0.6 is 15.9 Å². The van der Waals surface area contributed by atoms with Crippen LogP contribution in [0.5, 0.6) is 0 Å². The highest BCUT2D eigenvalue weighted by Crippen LogP contribution is 2.19. The number of amides is 1. The third-order valence-corrected chi connectivity index (χ3v) is 5.66. The Morgan fingerprint density at radius 3 is 2.59 bits per heavy atom. The molecule has 2 heterocycles. The molecule has 0 fully saturated rings. The molecule has 32 heavy (non-hydrogen) atoms. The molecule has 1 amide bonds. The van der Waals surface area contributed by atoms with Gasteiger partial charge in [-0.3, -0.25) is 14.2 Å². The smallest absolute Gasteiger partial charge is 0.296 e. The van der Waals surface area contributed by atoms with Gasteiger partial charge < -0.3 is 5.32 Å². The Morgan fingerprint density at radius 2 is 1.81 bits per heavy atom. The summed E-state index contributed by atoms with van der Waals surface area (Å²) < 4.78 is 3.97. The zero-order chi connectivity index (χ0) is 22.2. The first-order chi connectivity index (χ1) is 15.5. The maximum Gasteiger partial charge on any atom is 0.296 e. The number of carbonyl (C=O) groups is 1. The Hall–Kier alpha value is -3.78. The van der Waals surface area contributed by atoms with Gasteiger partial charge in [-0.15, -0.1) is 5.10 Å². The average Bonchev–Trinajstić information content (AvgIpc) is 3.23. The lowest BCUT2D eigenvalue weighted by molar-refractivity contribution is 0.101. The van der Waals surface area contributed by atoms with Crippen LogP contribution < -0.4 is 10.9 Å². The Balaban J connectivity index is 1.65. The molecule has 2 aromatic heterocycles. The van der Waals surface area contributed by atoms with Crippen molar-refractivity contribution in [2.24, 2.45) is 0 Å². The number of aryl methyl sites for hydroxylation is 1. The highest BCUT2D eigenvalue weighted by Gasteiger charge is 2.19. The summed E-state index contributed by atoms with van der Waals surface area (Å²) in [6.45, 7) is 2.36. The maximum atomic E-state index is 13.4. The van der Waals surface area contributed by atoms with Crippen molar-refractivity contribution >= 4 is 44.2 Å². The van der Waals surface area contributed by atoms with Crippen molar-refractivity contribution in [3.8, 4) is 0 Å². The highest BCUT2D eigenvalue weighted by molar-refractivity contribution is 9.10. The fourth-order valence-electron chi connectivity index (χ4n) is 3.65. The molecular formula is C24H18BrN5O2. The number of hydrogen-bond acceptors (Lipinski definition) is 4. The average molecular weight is 488 g/mol. The van der Waals surface area contributed by atoms with Crippen molar-refractivity contribution in [3.63, 3.8) is 0 Å². The normalized spacial score (nSPS) is 11.2. The fourth-order valence-corrected chi connectivity index (χ4v) is 4.05. The van der Waals surface area contributed by atoms with Crippen LogP contribution in [0.2, 0.25) is 0 Å². The van der Waals surface area contributed by atoms with Crippen LogP contribution in [0.1, 0.15) is 21.7 Å². The van der Waals surface area contributed by atoms with E-state index in [1.165, 1.54) is 4.52 Å². The lowest BCUT2D eigenvalue weighted by Gasteiger charge is -2.12. The van der Waals surface area contributed by atoms with Gasteiger partial charge in [0.05, 0.1) is 17.6 Å². The Morgan fingerprint density at radius 1 is 1.00 bits per heavy atom. The second-order valence-electron chi connectivity index (χ2n) is 7.50. The number of nitrogens with zero attached hydrogens (tertiary/aromatic N) is 4. The summed E-state index contributed by atoms with van der Waals surface area (Å²) in [7, 11) is 0. The van der Waals surface area contributed by atoms with Gasteiger partial charge in [0.15, 0.2) is 0 Å². The molecule has 0 spiro atoms. The van der Waals surface area contributed by atoms with Crippen LogP contribution in [0, 0.1) is 6.92 Å². The first-order valence-corrected chi connectivity index (χ1v) is 10.8. The van der Waals surface area contributed by atoms with E-state index < -0.39 is 5.91 Å². The van der Waals surface area contributed by atoms with E-state index in [0.29, 0.717) is 17.7 Å². The number of fused-ring (bicyclic) bond motifs is 3. The maximum absolute atomic E-state index is 13.4. The van der Waals surface area contributed by atoms with Gasteiger partial charge >= 0.3 is 0 Å². The van der Waals surface area contributed by atoms with Gasteiger partial charge in [0.2, 0.25) is 11.5 Å². The SMILES string of the molecule is Cc1ccc2c(c1)n(Cc1ccccc1)c(=O)c1nc(C(=O)Nc3cccc(Br)c3)nn12. The third-order valence-electron chi connectivity index (χ3n) is 5.16. The highest BCUT2D eigenvalue weighted by atomic mass is 79.9. The molecule has 8 heteroatoms. The molecule has 0 bridgehead atoms. The summed E-state index contributed by atoms with van der Waals surface area (Å²) in [6, 6.07) is 22.8. The summed E-state index contributed by atoms with van der Waals surface area (Å²) >= 11 is 3.38. The number of halogens is 1. The molecule has 0 aliphatic heterocycles. The van der Waals surface area contributed by atoms with Crippen molar-refractivity contribution in [1.82, 2.24) is 19.2 Å². The number of benzene rings is 3. The van der Waals surface area contributed by atoms with Gasteiger partial charge in [0.25, 0.3) is 11.5 Å². The molecule has 7 nitrogen and oxygen atoms in total. The summed E-state index contributed by atoms with van der Waals surface area (Å²) in [4.78, 5) is 30.5. The van der Waals surface area contributed by atoms with Gasteiger partial charge in [-0.2, -0.15) is 4.98 Å². The van der Waals surface area contributed by atoms with E-state index in [0.717, 1.165) is 21.1 Å². The minimum atomic E-state index is -0.485. The van der Waals surface area contributed by atoms with Crippen molar-refractivity contribution in [3.05, 3.63) is 105 Å². The van der Waals surface area contributed by atoms with Crippen molar-refractivity contribution in [2.45, 2.75) is 13.5 Å². The zero-order valence-electron chi connectivity index (χ0n) is 17.1. The Labute approximate surface area is 191 Å². The molecule has 3 aromatic carbocycles. The van der Waals surface area contributed by atoms with E-state index in [9.17, 15) is 9.59 Å². The molecule has 0 unspecified atom stereocenters. The minimum absolute atomic E-state index is 0.0681. The molecular weight excluding hydrogens is 470 g/mol. The lowest BCUT2D eigenvalue weighted by atomic mass is 10.2. The molecule has 0 atom stereocenters. The van der Waals surface area contributed by atoms with Crippen LogP contribution in [0.3, 0.4) is 0 Å². The molecule has 0 saturated carbocycles. The van der Waals surface area contributed by atoms with Gasteiger partial charge in [0, 0.05) is 10.2 Å². The first-order valence-electron chi connectivity index (χ1n) is 10.0. The monoisotopic (exact) mass is 487 g/mol. The summed E-state index contributed by atoms with van der Waals surface area (Å²) in [6.07, 6.45) is 0. The van der Waals surface area contributed by atoms with E-state index in [4.69, 9.17) is 0 Å². The molecule has 5 aromatic rings. The quantitative estimate of drug-likeness (QED) is 0.406. The molecule has 0 saturated heterocycles. The van der Waals surface area contributed by atoms with Crippen molar-refractivity contribution in [2.75, 3.05) is 5.32 Å². The second-order valence-corrected chi connectivity index (χ2v) is 8.42. The standard InChI is InChI=1S/C24H18BrN5O2/c1-15-10-11-19-20(12-15)29(14-16-6-3-2-4-7-16)24(32)22-27-21(28-30(19)22)23(31)26-18-9-5-8-17(25)13-18/h2-13H,14H2,1H3,(H,26,31). The van der Waals surface area contributed by atoms with E-state index in [-0.39, 0.29) is 17.0 Å². The molecule has 5 rings (SSSR count). The number of rotatable bonds is 4. The van der Waals surface area contributed by atoms with Gasteiger partial charge in [-0.1, -0.05) is 58.4 Å². The number of carbonyl (C=O) groups excluding carboxylic acids is 1. The summed E-state index contributed by atoms with van der Waals surface area (Å²) in [5.74, 6) is -0.553. The Kier molecular flexibility index (Phi) is 5.07. The van der Waals surface area contributed by atoms with Crippen LogP contribution in [-0.4, -0.2) is 25.1 Å². The molecule has 0 aliphatic rings. The number of aromatic nitrogens is 4. The molecule has 158 valence electrons. The predicted molar refractivity (Wildman–Crippen MR) is 127 cm³/mol. The van der Waals surface area contributed by atoms with Gasteiger partial charge in [-0.05, 0) is 48.4 Å². The fraction of sp³-hybridized carbons (Fsp3) is 0.0833. The van der Waals surface area contributed by atoms with Crippen LogP contribution in [-0.2, 0) is 6.54 Å². The van der Waals surface area contributed by atoms with Crippen molar-refractivity contribution in [1.29, 1.82) is 0 Å². The number of anilines is 1. The van der Waals surface area contributed by atoms with E-state index in [1.807, 2.05) is 67.6 Å². The molecule has 0 aliphatic carbocycles. The van der Waals surface area contributed by atoms with Gasteiger partial charge in [-0.25, -0.2) is 4.52 Å². The van der Waals surface area contributed by atoms with Crippen LogP contribution in [0.15, 0.2) is 82.1 Å². The first kappa shape index (κ1) is 20.1. The molecule has 0 radical (unpaired) electrons. The van der Waals surface area contributed by atoms with E-state index in [2.05, 4.69) is 31.3 Å². The molecule has 1 N–H and O–H groups in total. The summed E-state index contributed by atoms with van der Waals surface area (Å²) in [5.41, 5.74) is 3.85. The van der Waals surface area contributed by atoms with Crippen LogP contribution in [0.25, 0.3) is 16.7 Å². The summed E-state index contributed by atoms with van der Waals surface area (Å²) in [5, 5.41) is 7.14. The van der Waals surface area contributed by atoms with E-state index >= 15 is 0 Å². The Bertz CT molecular complexity index is 1540. The van der Waals surface area contributed by atoms with Crippen molar-refractivity contribution < 1.29 is 4.79 Å². The van der Waals surface area contributed by atoms with Gasteiger partial charge in [0.1, 0.15) is 0 Å². The third kappa shape index (κ3) is 3.69. The van der Waals surface area contributed by atoms with E-state index in [1.54, 1.807) is 16.7 Å².